The number of anilines is 1. The molecule has 2 aliphatic rings. The summed E-state index contributed by atoms with van der Waals surface area (Å²) in [5.74, 6) is -0.521. The largest absolute Gasteiger partial charge is 0.465 e. The Kier molecular flexibility index (Phi) is 4.42. The number of benzene rings is 1. The van der Waals surface area contributed by atoms with Crippen LogP contribution in [-0.4, -0.2) is 48.7 Å². The Hall–Kier alpha value is -2.57. The summed E-state index contributed by atoms with van der Waals surface area (Å²) >= 11 is 0. The van der Waals surface area contributed by atoms with Crippen molar-refractivity contribution in [2.45, 2.75) is 44.6 Å². The molecule has 7 nitrogen and oxygen atoms in total. The molecule has 0 bridgehead atoms. The zero-order valence-electron chi connectivity index (χ0n) is 15.5. The van der Waals surface area contributed by atoms with Crippen LogP contribution in [0.25, 0.3) is 0 Å². The average molecular weight is 360 g/mol. The average Bonchev–Trinajstić information content (AvgIpc) is 2.84. The SMILES string of the molecule is COC(=O)c1ccc2c(c1)C1(CCN(C(=O)OC(C)(C)C)CC1)C(=O)N2. The van der Waals surface area contributed by atoms with Gasteiger partial charge in [-0.3, -0.25) is 4.79 Å². The molecule has 3 rings (SSSR count). The van der Waals surface area contributed by atoms with E-state index in [1.54, 1.807) is 23.1 Å². The Morgan fingerprint density at radius 1 is 1.19 bits per heavy atom. The number of fused-ring (bicyclic) bond motifs is 2. The second-order valence-corrected chi connectivity index (χ2v) is 7.76. The monoisotopic (exact) mass is 360 g/mol. The minimum Gasteiger partial charge on any atom is -0.465 e. The number of hydrogen-bond acceptors (Lipinski definition) is 5. The molecule has 26 heavy (non-hydrogen) atoms. The fraction of sp³-hybridized carbons (Fsp3) is 0.526. The number of rotatable bonds is 1. The zero-order valence-corrected chi connectivity index (χ0v) is 15.5. The van der Waals surface area contributed by atoms with Crippen LogP contribution in [0.1, 0.15) is 49.5 Å². The van der Waals surface area contributed by atoms with E-state index in [1.807, 2.05) is 20.8 Å². The van der Waals surface area contributed by atoms with Crippen molar-refractivity contribution in [3.8, 4) is 0 Å². The number of piperidine rings is 1. The predicted molar refractivity (Wildman–Crippen MR) is 95.1 cm³/mol. The molecule has 0 atom stereocenters. The summed E-state index contributed by atoms with van der Waals surface area (Å²) in [4.78, 5) is 38.4. The number of esters is 1. The topological polar surface area (TPSA) is 84.9 Å². The quantitative estimate of drug-likeness (QED) is 0.779. The lowest BCUT2D eigenvalue weighted by Gasteiger charge is -2.38. The minimum absolute atomic E-state index is 0.0849. The van der Waals surface area contributed by atoms with Gasteiger partial charge in [0, 0.05) is 18.8 Å². The van der Waals surface area contributed by atoms with Crippen molar-refractivity contribution >= 4 is 23.7 Å². The number of amides is 2. The van der Waals surface area contributed by atoms with Crippen molar-refractivity contribution in [3.63, 3.8) is 0 Å². The van der Waals surface area contributed by atoms with E-state index in [0.717, 1.165) is 5.56 Å². The van der Waals surface area contributed by atoms with Gasteiger partial charge in [-0.2, -0.15) is 0 Å². The predicted octanol–water partition coefficient (Wildman–Crippen LogP) is 2.69. The maximum atomic E-state index is 12.7. The summed E-state index contributed by atoms with van der Waals surface area (Å²) in [6.45, 7) is 6.32. The second kappa shape index (κ2) is 6.30. The normalized spacial score (nSPS) is 18.3. The molecule has 2 amide bonds. The lowest BCUT2D eigenvalue weighted by Crippen LogP contribution is -2.49. The summed E-state index contributed by atoms with van der Waals surface area (Å²) < 4.78 is 10.2. The van der Waals surface area contributed by atoms with Crippen LogP contribution >= 0.6 is 0 Å². The highest BCUT2D eigenvalue weighted by molar-refractivity contribution is 6.07. The Bertz CT molecular complexity index is 758. The molecule has 0 unspecified atom stereocenters. The molecule has 0 saturated carbocycles. The van der Waals surface area contributed by atoms with Crippen LogP contribution in [0.3, 0.4) is 0 Å². The van der Waals surface area contributed by atoms with Gasteiger partial charge in [0.1, 0.15) is 5.60 Å². The Morgan fingerprint density at radius 3 is 2.42 bits per heavy atom. The van der Waals surface area contributed by atoms with Gasteiger partial charge < -0.3 is 19.7 Å². The molecule has 0 aromatic heterocycles. The lowest BCUT2D eigenvalue weighted by molar-refractivity contribution is -0.122. The molecule has 140 valence electrons. The van der Waals surface area contributed by atoms with Gasteiger partial charge >= 0.3 is 12.1 Å². The number of hydrogen-bond donors (Lipinski definition) is 1. The molecule has 7 heteroatoms. The van der Waals surface area contributed by atoms with Crippen LogP contribution in [-0.2, 0) is 19.7 Å². The van der Waals surface area contributed by atoms with Gasteiger partial charge in [0.05, 0.1) is 18.1 Å². The Morgan fingerprint density at radius 2 is 1.85 bits per heavy atom. The first-order valence-electron chi connectivity index (χ1n) is 8.68. The van der Waals surface area contributed by atoms with Gasteiger partial charge in [-0.25, -0.2) is 9.59 Å². The first-order chi connectivity index (χ1) is 12.2. The fourth-order valence-electron chi connectivity index (χ4n) is 3.55. The van der Waals surface area contributed by atoms with Gasteiger partial charge in [0.25, 0.3) is 0 Å². The van der Waals surface area contributed by atoms with Gasteiger partial charge in [0.2, 0.25) is 5.91 Å². The van der Waals surface area contributed by atoms with Crippen LogP contribution in [0.15, 0.2) is 18.2 Å². The third-order valence-corrected chi connectivity index (χ3v) is 4.91. The van der Waals surface area contributed by atoms with E-state index in [2.05, 4.69) is 5.32 Å². The molecule has 0 aliphatic carbocycles. The highest BCUT2D eigenvalue weighted by Gasteiger charge is 2.49. The Balaban J connectivity index is 1.82. The first kappa shape index (κ1) is 18.2. The smallest absolute Gasteiger partial charge is 0.410 e. The number of nitrogens with one attached hydrogen (secondary N) is 1. The third kappa shape index (κ3) is 3.13. The van der Waals surface area contributed by atoms with Gasteiger partial charge in [-0.15, -0.1) is 0 Å². The van der Waals surface area contributed by atoms with Crippen LogP contribution in [0.4, 0.5) is 10.5 Å². The number of carbonyl (C=O) groups is 3. The first-order valence-corrected chi connectivity index (χ1v) is 8.68. The number of methoxy groups -OCH3 is 1. The molecule has 1 aromatic carbocycles. The molecule has 1 aromatic rings. The molecular weight excluding hydrogens is 336 g/mol. The van der Waals surface area contributed by atoms with E-state index >= 15 is 0 Å². The fourth-order valence-corrected chi connectivity index (χ4v) is 3.55. The summed E-state index contributed by atoms with van der Waals surface area (Å²) in [6, 6.07) is 5.09. The van der Waals surface area contributed by atoms with E-state index in [0.29, 0.717) is 37.2 Å². The number of ether oxygens (including phenoxy) is 2. The summed E-state index contributed by atoms with van der Waals surface area (Å²) in [5, 5.41) is 2.90. The van der Waals surface area contributed by atoms with Gasteiger partial charge in [-0.1, -0.05) is 0 Å². The standard InChI is InChI=1S/C19H24N2O5/c1-18(2,3)26-17(24)21-9-7-19(8-10-21)13-11-12(15(22)25-4)5-6-14(13)20-16(19)23/h5-6,11H,7-10H2,1-4H3,(H,20,23). The summed E-state index contributed by atoms with van der Waals surface area (Å²) in [6.07, 6.45) is 0.597. The van der Waals surface area contributed by atoms with E-state index in [4.69, 9.17) is 9.47 Å². The second-order valence-electron chi connectivity index (χ2n) is 7.76. The molecule has 1 fully saturated rings. The summed E-state index contributed by atoms with van der Waals surface area (Å²) in [5.41, 5.74) is 0.649. The van der Waals surface area contributed by atoms with Crippen LogP contribution in [0.2, 0.25) is 0 Å². The lowest BCUT2D eigenvalue weighted by atomic mass is 9.73. The van der Waals surface area contributed by atoms with Crippen LogP contribution in [0, 0.1) is 0 Å². The molecule has 1 N–H and O–H groups in total. The Labute approximate surface area is 152 Å². The van der Waals surface area contributed by atoms with Gasteiger partial charge in [0.15, 0.2) is 0 Å². The number of likely N-dealkylation sites (tertiary alicyclic amines) is 1. The molecule has 2 heterocycles. The molecule has 1 spiro atoms. The van der Waals surface area contributed by atoms with Crippen molar-refractivity contribution in [2.24, 2.45) is 0 Å². The van der Waals surface area contributed by atoms with Crippen molar-refractivity contribution in [2.75, 3.05) is 25.5 Å². The maximum absolute atomic E-state index is 12.7. The van der Waals surface area contributed by atoms with E-state index in [1.165, 1.54) is 7.11 Å². The van der Waals surface area contributed by atoms with E-state index in [9.17, 15) is 14.4 Å². The zero-order chi connectivity index (χ0) is 19.1. The van der Waals surface area contributed by atoms with Crippen molar-refractivity contribution in [1.29, 1.82) is 0 Å². The third-order valence-electron chi connectivity index (χ3n) is 4.91. The van der Waals surface area contributed by atoms with Crippen LogP contribution in [0.5, 0.6) is 0 Å². The van der Waals surface area contributed by atoms with Crippen molar-refractivity contribution < 1.29 is 23.9 Å². The molecular formula is C19H24N2O5. The van der Waals surface area contributed by atoms with E-state index in [-0.39, 0.29) is 12.0 Å². The minimum atomic E-state index is -0.724. The molecule has 2 aliphatic heterocycles. The molecule has 0 radical (unpaired) electrons. The van der Waals surface area contributed by atoms with Crippen molar-refractivity contribution in [3.05, 3.63) is 29.3 Å². The maximum Gasteiger partial charge on any atom is 0.410 e. The van der Waals surface area contributed by atoms with E-state index < -0.39 is 17.0 Å². The summed E-state index contributed by atoms with van der Waals surface area (Å²) in [7, 11) is 1.33. The number of carbonyl (C=O) groups excluding carboxylic acids is 3. The van der Waals surface area contributed by atoms with Crippen molar-refractivity contribution in [1.82, 2.24) is 4.90 Å². The highest BCUT2D eigenvalue weighted by atomic mass is 16.6. The number of nitrogens with zero attached hydrogens (tertiary/aromatic N) is 1. The van der Waals surface area contributed by atoms with Gasteiger partial charge in [-0.05, 0) is 57.4 Å². The highest BCUT2D eigenvalue weighted by Crippen LogP contribution is 2.45. The van der Waals surface area contributed by atoms with Crippen LogP contribution < -0.4 is 5.32 Å². The molecule has 1 saturated heterocycles.